The third kappa shape index (κ3) is 5.93. The number of nitrogens with zero attached hydrogens (tertiary/aromatic N) is 2. The minimum atomic E-state index is -3.81. The zero-order valence-electron chi connectivity index (χ0n) is 15.3. The summed E-state index contributed by atoms with van der Waals surface area (Å²) in [5.41, 5.74) is -0.630. The predicted molar refractivity (Wildman–Crippen MR) is 116 cm³/mol. The molecule has 0 fully saturated rings. The largest absolute Gasteiger partial charge is 0.444 e. The van der Waals surface area contributed by atoms with Gasteiger partial charge in [-0.25, -0.2) is 23.2 Å². The van der Waals surface area contributed by atoms with Crippen molar-refractivity contribution in [2.45, 2.75) is 40.4 Å². The van der Waals surface area contributed by atoms with E-state index >= 15 is 0 Å². The van der Waals surface area contributed by atoms with Crippen LogP contribution in [0.15, 0.2) is 41.8 Å². The van der Waals surface area contributed by atoms with Crippen molar-refractivity contribution in [2.24, 2.45) is 4.99 Å². The van der Waals surface area contributed by atoms with Crippen molar-refractivity contribution >= 4 is 77.9 Å². The van der Waals surface area contributed by atoms with Crippen LogP contribution in [0.4, 0.5) is 9.80 Å². The maximum Gasteiger partial charge on any atom is 0.412 e. The summed E-state index contributed by atoms with van der Waals surface area (Å²) in [5.74, 6) is 0. The first kappa shape index (κ1) is 23.1. The number of aliphatic imine (C=N–C) groups is 1. The first-order valence-electron chi connectivity index (χ1n) is 7.70. The molecule has 2 aromatic heterocycles. The van der Waals surface area contributed by atoms with Gasteiger partial charge in [-0.1, -0.05) is 11.6 Å². The van der Waals surface area contributed by atoms with Crippen molar-refractivity contribution < 1.29 is 17.9 Å². The van der Waals surface area contributed by atoms with Gasteiger partial charge in [0.1, 0.15) is 15.8 Å². The van der Waals surface area contributed by atoms with Gasteiger partial charge in [-0.15, -0.1) is 23.1 Å². The standard InChI is InChI=1S/C16H17BrClN3O4S3/c1-16(2,3)25-15(22)21-8-20-12-6-11(14(26-4)27-12)28(23,24)9-5-10(17)13(18)19-7-9/h5-8H,1-4H3,(H,20,21,22). The van der Waals surface area contributed by atoms with E-state index in [0.29, 0.717) is 13.7 Å². The molecule has 28 heavy (non-hydrogen) atoms. The number of amides is 1. The monoisotopic (exact) mass is 525 g/mol. The van der Waals surface area contributed by atoms with Gasteiger partial charge in [-0.3, -0.25) is 5.32 Å². The molecule has 1 N–H and O–H groups in total. The predicted octanol–water partition coefficient (Wildman–Crippen LogP) is 5.30. The third-order valence-electron chi connectivity index (χ3n) is 2.98. The summed E-state index contributed by atoms with van der Waals surface area (Å²) in [6.45, 7) is 5.23. The van der Waals surface area contributed by atoms with Gasteiger partial charge in [0, 0.05) is 6.20 Å². The van der Waals surface area contributed by atoms with E-state index in [1.165, 1.54) is 47.8 Å². The fourth-order valence-electron chi connectivity index (χ4n) is 1.87. The van der Waals surface area contributed by atoms with Crippen molar-refractivity contribution in [2.75, 3.05) is 6.26 Å². The number of thioether (sulfide) groups is 1. The summed E-state index contributed by atoms with van der Waals surface area (Å²) >= 11 is 11.5. The number of carbonyl (C=O) groups excluding carboxylic acids is 1. The van der Waals surface area contributed by atoms with Crippen LogP contribution >= 0.6 is 50.6 Å². The van der Waals surface area contributed by atoms with Crippen LogP contribution < -0.4 is 5.32 Å². The van der Waals surface area contributed by atoms with Gasteiger partial charge in [-0.2, -0.15) is 0 Å². The molecule has 2 heterocycles. The van der Waals surface area contributed by atoms with E-state index in [9.17, 15) is 13.2 Å². The Hall–Kier alpha value is -1.14. The molecular formula is C16H17BrClN3O4S3. The van der Waals surface area contributed by atoms with E-state index in [0.717, 1.165) is 0 Å². The van der Waals surface area contributed by atoms with E-state index in [1.54, 1.807) is 27.0 Å². The Morgan fingerprint density at radius 1 is 1.43 bits per heavy atom. The summed E-state index contributed by atoms with van der Waals surface area (Å²) in [6.07, 6.45) is 3.49. The van der Waals surface area contributed by atoms with Crippen LogP contribution in [0.5, 0.6) is 0 Å². The van der Waals surface area contributed by atoms with Crippen LogP contribution in [0.2, 0.25) is 5.15 Å². The van der Waals surface area contributed by atoms with Crippen LogP contribution in [0, 0.1) is 0 Å². The molecule has 12 heteroatoms. The average molecular weight is 527 g/mol. The molecule has 0 aliphatic heterocycles. The second-order valence-electron chi connectivity index (χ2n) is 6.29. The number of sulfone groups is 1. The molecule has 0 saturated carbocycles. The van der Waals surface area contributed by atoms with Gasteiger partial charge in [0.15, 0.2) is 0 Å². The maximum absolute atomic E-state index is 13.0. The normalized spacial score (nSPS) is 12.4. The Labute approximate surface area is 185 Å². The van der Waals surface area contributed by atoms with Crippen LogP contribution in [-0.4, -0.2) is 37.7 Å². The summed E-state index contributed by atoms with van der Waals surface area (Å²) < 4.78 is 32.0. The SMILES string of the molecule is CSc1sc(/N=C/NC(=O)OC(C)(C)C)cc1S(=O)(=O)c1cnc(Cl)c(Br)c1. The van der Waals surface area contributed by atoms with E-state index in [-0.39, 0.29) is 14.9 Å². The lowest BCUT2D eigenvalue weighted by Crippen LogP contribution is -2.31. The van der Waals surface area contributed by atoms with Gasteiger partial charge in [0.05, 0.1) is 24.8 Å². The molecule has 0 aliphatic carbocycles. The Morgan fingerprint density at radius 2 is 2.11 bits per heavy atom. The molecular weight excluding hydrogens is 510 g/mol. The fraction of sp³-hybridized carbons (Fsp3) is 0.312. The molecule has 0 bridgehead atoms. The number of carbonyl (C=O) groups is 1. The second kappa shape index (κ2) is 9.12. The number of thiophene rings is 1. The number of rotatable bonds is 5. The van der Waals surface area contributed by atoms with Crippen molar-refractivity contribution in [3.05, 3.63) is 28.0 Å². The lowest BCUT2D eigenvalue weighted by Gasteiger charge is -2.18. The molecule has 0 unspecified atom stereocenters. The molecule has 0 saturated heterocycles. The number of alkyl carbamates (subject to hydrolysis) is 1. The number of pyridine rings is 1. The number of ether oxygens (including phenoxy) is 1. The van der Waals surface area contributed by atoms with Crippen LogP contribution in [0.25, 0.3) is 0 Å². The Bertz CT molecular complexity index is 1020. The molecule has 7 nitrogen and oxygen atoms in total. The van der Waals surface area contributed by atoms with Crippen LogP contribution in [-0.2, 0) is 14.6 Å². The molecule has 0 aromatic carbocycles. The first-order valence-corrected chi connectivity index (χ1v) is 12.4. The van der Waals surface area contributed by atoms with Gasteiger partial charge in [0.2, 0.25) is 9.84 Å². The summed E-state index contributed by atoms with van der Waals surface area (Å²) in [6, 6.07) is 2.85. The summed E-state index contributed by atoms with van der Waals surface area (Å²) in [7, 11) is -3.81. The smallest absolute Gasteiger partial charge is 0.412 e. The molecule has 0 radical (unpaired) electrons. The average Bonchev–Trinajstić information content (AvgIpc) is 2.99. The highest BCUT2D eigenvalue weighted by Gasteiger charge is 2.25. The highest BCUT2D eigenvalue weighted by molar-refractivity contribution is 9.10. The zero-order valence-corrected chi connectivity index (χ0v) is 20.1. The number of hydrogen-bond acceptors (Lipinski definition) is 8. The maximum atomic E-state index is 13.0. The highest BCUT2D eigenvalue weighted by atomic mass is 79.9. The minimum absolute atomic E-state index is 0.0132. The molecule has 2 aromatic rings. The topological polar surface area (TPSA) is 97.7 Å². The van der Waals surface area contributed by atoms with E-state index < -0.39 is 21.5 Å². The lowest BCUT2D eigenvalue weighted by molar-refractivity contribution is 0.0565. The van der Waals surface area contributed by atoms with Crippen molar-refractivity contribution in [3.8, 4) is 0 Å². The van der Waals surface area contributed by atoms with Gasteiger partial charge in [-0.05, 0) is 55.1 Å². The van der Waals surface area contributed by atoms with Crippen molar-refractivity contribution in [1.29, 1.82) is 0 Å². The fourth-order valence-corrected chi connectivity index (χ4v) is 6.27. The van der Waals surface area contributed by atoms with E-state index in [2.05, 4.69) is 31.2 Å². The molecule has 2 rings (SSSR count). The third-order valence-corrected chi connectivity index (χ3v) is 8.30. The Balaban J connectivity index is 2.27. The molecule has 1 amide bonds. The van der Waals surface area contributed by atoms with Gasteiger partial charge in [0.25, 0.3) is 0 Å². The van der Waals surface area contributed by atoms with E-state index in [1.807, 2.05) is 0 Å². The van der Waals surface area contributed by atoms with Crippen molar-refractivity contribution in [1.82, 2.24) is 10.3 Å². The minimum Gasteiger partial charge on any atom is -0.444 e. The lowest BCUT2D eigenvalue weighted by atomic mass is 10.2. The van der Waals surface area contributed by atoms with E-state index in [4.69, 9.17) is 16.3 Å². The quantitative estimate of drug-likeness (QED) is 0.246. The first-order chi connectivity index (χ1) is 12.9. The summed E-state index contributed by atoms with van der Waals surface area (Å²) in [5, 5.41) is 2.98. The molecule has 0 atom stereocenters. The Morgan fingerprint density at radius 3 is 2.68 bits per heavy atom. The summed E-state index contributed by atoms with van der Waals surface area (Å²) in [4.78, 5) is 19.7. The van der Waals surface area contributed by atoms with Gasteiger partial charge < -0.3 is 4.74 Å². The highest BCUT2D eigenvalue weighted by Crippen LogP contribution is 2.41. The molecule has 152 valence electrons. The number of hydrogen-bond donors (Lipinski definition) is 1. The van der Waals surface area contributed by atoms with Crippen molar-refractivity contribution in [3.63, 3.8) is 0 Å². The van der Waals surface area contributed by atoms with Crippen LogP contribution in [0.1, 0.15) is 20.8 Å². The molecule has 0 aliphatic rings. The van der Waals surface area contributed by atoms with Gasteiger partial charge >= 0.3 is 6.09 Å². The van der Waals surface area contributed by atoms with Crippen LogP contribution in [0.3, 0.4) is 0 Å². The Kier molecular flexibility index (Phi) is 7.54. The number of nitrogens with one attached hydrogen (secondary N) is 1. The molecule has 0 spiro atoms. The second-order valence-corrected chi connectivity index (χ2v) is 11.5. The zero-order chi connectivity index (χ0) is 21.1. The number of halogens is 2. The number of aromatic nitrogens is 1.